The summed E-state index contributed by atoms with van der Waals surface area (Å²) >= 11 is 1.54. The number of halogens is 1. The molecule has 4 nitrogen and oxygen atoms in total. The molecule has 1 aromatic heterocycles. The first kappa shape index (κ1) is 19.2. The van der Waals surface area contributed by atoms with Gasteiger partial charge in [-0.15, -0.1) is 0 Å². The molecule has 0 saturated carbocycles. The molecular formula is C21H20FNO3S. The predicted molar refractivity (Wildman–Crippen MR) is 107 cm³/mol. The first-order chi connectivity index (χ1) is 13.0. The summed E-state index contributed by atoms with van der Waals surface area (Å²) in [6, 6.07) is 10.2. The monoisotopic (exact) mass is 385 g/mol. The van der Waals surface area contributed by atoms with Crippen LogP contribution >= 0.6 is 11.8 Å². The molecule has 0 spiro atoms. The maximum Gasteiger partial charge on any atom is 0.355 e. The van der Waals surface area contributed by atoms with E-state index in [0.29, 0.717) is 38.9 Å². The number of rotatable bonds is 6. The van der Waals surface area contributed by atoms with Crippen LogP contribution in [-0.2, 0) is 10.5 Å². The minimum Gasteiger partial charge on any atom is -0.461 e. The van der Waals surface area contributed by atoms with Gasteiger partial charge in [0.1, 0.15) is 11.5 Å². The van der Waals surface area contributed by atoms with Gasteiger partial charge in [-0.05, 0) is 43.4 Å². The number of hydrogen-bond donors (Lipinski definition) is 1. The lowest BCUT2D eigenvalue weighted by Gasteiger charge is -2.08. The number of thioether (sulfide) groups is 1. The number of Topliss-reactive ketones (excluding diaryl/α,β-unsaturated/α-hetero) is 1. The Kier molecular flexibility index (Phi) is 5.65. The van der Waals surface area contributed by atoms with Gasteiger partial charge in [-0.2, -0.15) is 11.8 Å². The van der Waals surface area contributed by atoms with Crippen molar-refractivity contribution in [2.45, 2.75) is 19.6 Å². The summed E-state index contributed by atoms with van der Waals surface area (Å²) in [5.41, 5.74) is 2.96. The number of para-hydroxylation sites is 1. The minimum atomic E-state index is -0.535. The van der Waals surface area contributed by atoms with E-state index in [9.17, 15) is 14.0 Å². The number of H-pyrrole nitrogens is 1. The van der Waals surface area contributed by atoms with E-state index < -0.39 is 5.97 Å². The number of nitrogens with one attached hydrogen (secondary N) is 1. The number of benzene rings is 2. The lowest BCUT2D eigenvalue weighted by atomic mass is 9.98. The van der Waals surface area contributed by atoms with E-state index in [0.717, 1.165) is 0 Å². The second-order valence-electron chi connectivity index (χ2n) is 6.12. The molecule has 0 amide bonds. The molecule has 0 atom stereocenters. The topological polar surface area (TPSA) is 59.2 Å². The minimum absolute atomic E-state index is 0.120. The molecule has 0 unspecified atom stereocenters. The van der Waals surface area contributed by atoms with Crippen LogP contribution in [0.5, 0.6) is 0 Å². The Morgan fingerprint density at radius 3 is 2.63 bits per heavy atom. The van der Waals surface area contributed by atoms with Gasteiger partial charge in [0, 0.05) is 22.3 Å². The lowest BCUT2D eigenvalue weighted by molar-refractivity contribution is 0.0521. The summed E-state index contributed by atoms with van der Waals surface area (Å²) < 4.78 is 19.7. The Morgan fingerprint density at radius 2 is 2.00 bits per heavy atom. The quantitative estimate of drug-likeness (QED) is 0.467. The summed E-state index contributed by atoms with van der Waals surface area (Å²) in [5, 5.41) is 0.683. The number of aromatic amines is 1. The van der Waals surface area contributed by atoms with Gasteiger partial charge in [0.25, 0.3) is 0 Å². The molecule has 0 fully saturated rings. The van der Waals surface area contributed by atoms with Crippen molar-refractivity contribution in [1.29, 1.82) is 0 Å². The average Bonchev–Trinajstić information content (AvgIpc) is 3.03. The third-order valence-corrected chi connectivity index (χ3v) is 4.93. The number of ketones is 1. The number of esters is 1. The first-order valence-electron chi connectivity index (χ1n) is 8.58. The fourth-order valence-corrected chi connectivity index (χ4v) is 3.69. The van der Waals surface area contributed by atoms with Gasteiger partial charge in [0.05, 0.1) is 12.1 Å². The van der Waals surface area contributed by atoms with Crippen LogP contribution < -0.4 is 0 Å². The smallest absolute Gasteiger partial charge is 0.355 e. The van der Waals surface area contributed by atoms with E-state index in [1.165, 1.54) is 24.8 Å². The zero-order valence-electron chi connectivity index (χ0n) is 15.4. The van der Waals surface area contributed by atoms with Crippen molar-refractivity contribution in [3.63, 3.8) is 0 Å². The van der Waals surface area contributed by atoms with Crippen LogP contribution in [0.2, 0.25) is 0 Å². The van der Waals surface area contributed by atoms with E-state index in [1.807, 2.05) is 12.3 Å². The summed E-state index contributed by atoms with van der Waals surface area (Å²) in [5.74, 6) is -0.412. The Hall–Kier alpha value is -2.60. The summed E-state index contributed by atoms with van der Waals surface area (Å²) in [4.78, 5) is 27.5. The number of fused-ring (bicyclic) bond motifs is 1. The molecule has 1 heterocycles. The molecule has 0 aliphatic carbocycles. The van der Waals surface area contributed by atoms with Gasteiger partial charge in [-0.3, -0.25) is 4.79 Å². The standard InChI is InChI=1S/C21H20FNO3S/c1-4-26-21(25)20-18(13-8-9-14(11-27-3)17(22)10-13)16-7-5-6-15(12(2)24)19(16)23-20/h5-10,23H,4,11H2,1-3H3. The van der Waals surface area contributed by atoms with E-state index >= 15 is 0 Å². The van der Waals surface area contributed by atoms with Crippen molar-refractivity contribution in [3.05, 3.63) is 59.0 Å². The largest absolute Gasteiger partial charge is 0.461 e. The molecule has 0 radical (unpaired) electrons. The maximum atomic E-state index is 14.5. The summed E-state index contributed by atoms with van der Waals surface area (Å²) in [6.45, 7) is 3.41. The number of carbonyl (C=O) groups excluding carboxylic acids is 2. The Balaban J connectivity index is 2.28. The van der Waals surface area contributed by atoms with Crippen LogP contribution in [0.25, 0.3) is 22.0 Å². The molecule has 3 rings (SSSR count). The van der Waals surface area contributed by atoms with Crippen LogP contribution in [0.15, 0.2) is 36.4 Å². The molecule has 0 aliphatic heterocycles. The number of aromatic nitrogens is 1. The van der Waals surface area contributed by atoms with Crippen LogP contribution in [0, 0.1) is 5.82 Å². The maximum absolute atomic E-state index is 14.5. The number of ether oxygens (including phenoxy) is 1. The zero-order chi connectivity index (χ0) is 19.6. The highest BCUT2D eigenvalue weighted by atomic mass is 32.2. The van der Waals surface area contributed by atoms with Gasteiger partial charge >= 0.3 is 5.97 Å². The summed E-state index contributed by atoms with van der Waals surface area (Å²) in [6.07, 6.45) is 1.91. The van der Waals surface area contributed by atoms with Crippen molar-refractivity contribution in [3.8, 4) is 11.1 Å². The van der Waals surface area contributed by atoms with Crippen LogP contribution in [0.3, 0.4) is 0 Å². The second kappa shape index (κ2) is 7.96. The van der Waals surface area contributed by atoms with Crippen LogP contribution in [0.4, 0.5) is 4.39 Å². The van der Waals surface area contributed by atoms with Gasteiger partial charge in [0.15, 0.2) is 5.78 Å². The van der Waals surface area contributed by atoms with Crippen molar-refractivity contribution in [1.82, 2.24) is 4.98 Å². The molecule has 6 heteroatoms. The van der Waals surface area contributed by atoms with Gasteiger partial charge < -0.3 is 9.72 Å². The Bertz CT molecular complexity index is 1030. The first-order valence-corrected chi connectivity index (χ1v) is 9.97. The van der Waals surface area contributed by atoms with Crippen LogP contribution in [0.1, 0.15) is 40.3 Å². The number of carbonyl (C=O) groups is 2. The molecule has 0 saturated heterocycles. The lowest BCUT2D eigenvalue weighted by Crippen LogP contribution is -2.06. The van der Waals surface area contributed by atoms with Gasteiger partial charge in [0.2, 0.25) is 0 Å². The van der Waals surface area contributed by atoms with E-state index in [2.05, 4.69) is 4.98 Å². The van der Waals surface area contributed by atoms with E-state index in [4.69, 9.17) is 4.74 Å². The van der Waals surface area contributed by atoms with Gasteiger partial charge in [-0.1, -0.05) is 24.3 Å². The molecule has 140 valence electrons. The van der Waals surface area contributed by atoms with Crippen molar-refractivity contribution >= 4 is 34.4 Å². The molecule has 0 bridgehead atoms. The van der Waals surface area contributed by atoms with E-state index in [1.54, 1.807) is 31.2 Å². The Morgan fingerprint density at radius 1 is 1.22 bits per heavy atom. The van der Waals surface area contributed by atoms with E-state index in [-0.39, 0.29) is 23.9 Å². The molecule has 27 heavy (non-hydrogen) atoms. The highest BCUT2D eigenvalue weighted by Crippen LogP contribution is 2.35. The highest BCUT2D eigenvalue weighted by Gasteiger charge is 2.23. The molecule has 3 aromatic rings. The Labute approximate surface area is 161 Å². The van der Waals surface area contributed by atoms with Crippen molar-refractivity contribution in [2.24, 2.45) is 0 Å². The normalized spacial score (nSPS) is 11.0. The van der Waals surface area contributed by atoms with Crippen molar-refractivity contribution in [2.75, 3.05) is 12.9 Å². The summed E-state index contributed by atoms with van der Waals surface area (Å²) in [7, 11) is 0. The third kappa shape index (κ3) is 3.62. The molecule has 2 aromatic carbocycles. The van der Waals surface area contributed by atoms with Crippen molar-refractivity contribution < 1.29 is 18.7 Å². The fourth-order valence-electron chi connectivity index (χ4n) is 3.14. The highest BCUT2D eigenvalue weighted by molar-refractivity contribution is 7.97. The molecule has 0 aliphatic rings. The fraction of sp³-hybridized carbons (Fsp3) is 0.238. The molecular weight excluding hydrogens is 365 g/mol. The van der Waals surface area contributed by atoms with Crippen LogP contribution in [-0.4, -0.2) is 29.6 Å². The van der Waals surface area contributed by atoms with Gasteiger partial charge in [-0.25, -0.2) is 9.18 Å². The SMILES string of the molecule is CCOC(=O)c1[nH]c2c(C(C)=O)cccc2c1-c1ccc(CSC)c(F)c1. The predicted octanol–water partition coefficient (Wildman–Crippen LogP) is 5.22. The number of hydrogen-bond acceptors (Lipinski definition) is 4. The molecule has 1 N–H and O–H groups in total. The zero-order valence-corrected chi connectivity index (χ0v) is 16.2. The third-order valence-electron chi connectivity index (χ3n) is 4.33. The second-order valence-corrected chi connectivity index (χ2v) is 6.99. The average molecular weight is 385 g/mol.